The van der Waals surface area contributed by atoms with Crippen molar-refractivity contribution in [2.24, 2.45) is 11.3 Å². The predicted octanol–water partition coefficient (Wildman–Crippen LogP) is 4.53. The van der Waals surface area contributed by atoms with Crippen LogP contribution in [0.15, 0.2) is 0 Å². The summed E-state index contributed by atoms with van der Waals surface area (Å²) in [4.78, 5) is 0.604. The fraction of sp³-hybridized carbons (Fsp3) is 1.00. The molecular formula is C14H25BrO. The molecule has 0 aromatic carbocycles. The summed E-state index contributed by atoms with van der Waals surface area (Å²) in [6, 6.07) is 0. The fourth-order valence-corrected chi connectivity index (χ4v) is 4.36. The molecule has 0 amide bonds. The lowest BCUT2D eigenvalue weighted by molar-refractivity contribution is -0.0599. The van der Waals surface area contributed by atoms with Gasteiger partial charge in [-0.3, -0.25) is 0 Å². The average Bonchev–Trinajstić information content (AvgIpc) is 2.48. The lowest BCUT2D eigenvalue weighted by Gasteiger charge is -2.40. The van der Waals surface area contributed by atoms with E-state index in [1.54, 1.807) is 0 Å². The van der Waals surface area contributed by atoms with E-state index in [1.807, 2.05) is 0 Å². The van der Waals surface area contributed by atoms with E-state index in [4.69, 9.17) is 4.74 Å². The number of hydrogen-bond donors (Lipinski definition) is 0. The van der Waals surface area contributed by atoms with E-state index in [2.05, 4.69) is 36.7 Å². The Hall–Kier alpha value is 0.440. The number of alkyl halides is 1. The molecule has 2 aliphatic rings. The van der Waals surface area contributed by atoms with Crippen LogP contribution in [0.2, 0.25) is 0 Å². The van der Waals surface area contributed by atoms with Gasteiger partial charge in [-0.1, -0.05) is 36.7 Å². The molecule has 0 bridgehead atoms. The van der Waals surface area contributed by atoms with Crippen LogP contribution >= 0.6 is 15.9 Å². The van der Waals surface area contributed by atoms with Gasteiger partial charge in [0.2, 0.25) is 0 Å². The van der Waals surface area contributed by atoms with Gasteiger partial charge in [0.1, 0.15) is 0 Å². The molecule has 2 fully saturated rings. The monoisotopic (exact) mass is 288 g/mol. The van der Waals surface area contributed by atoms with Gasteiger partial charge in [-0.2, -0.15) is 0 Å². The molecule has 2 rings (SSSR count). The van der Waals surface area contributed by atoms with Crippen molar-refractivity contribution in [3.05, 3.63) is 0 Å². The van der Waals surface area contributed by atoms with Crippen molar-refractivity contribution in [2.45, 2.75) is 76.3 Å². The molecule has 2 saturated carbocycles. The van der Waals surface area contributed by atoms with Crippen molar-refractivity contribution >= 4 is 15.9 Å². The summed E-state index contributed by atoms with van der Waals surface area (Å²) in [6.07, 6.45) is 8.71. The van der Waals surface area contributed by atoms with Crippen LogP contribution in [0.25, 0.3) is 0 Å². The van der Waals surface area contributed by atoms with Gasteiger partial charge < -0.3 is 4.74 Å². The van der Waals surface area contributed by atoms with Crippen molar-refractivity contribution in [1.29, 1.82) is 0 Å². The smallest absolute Gasteiger partial charge is 0.0703 e. The second-order valence-corrected chi connectivity index (χ2v) is 7.83. The molecule has 94 valence electrons. The van der Waals surface area contributed by atoms with E-state index in [9.17, 15) is 0 Å². The molecule has 16 heavy (non-hydrogen) atoms. The Kier molecular flexibility index (Phi) is 4.01. The first-order valence-electron chi connectivity index (χ1n) is 6.76. The number of halogens is 1. The van der Waals surface area contributed by atoms with Crippen LogP contribution in [0.1, 0.15) is 59.3 Å². The van der Waals surface area contributed by atoms with Crippen molar-refractivity contribution in [2.75, 3.05) is 0 Å². The quantitative estimate of drug-likeness (QED) is 0.678. The Labute approximate surface area is 108 Å². The Morgan fingerprint density at radius 3 is 2.50 bits per heavy atom. The van der Waals surface area contributed by atoms with Gasteiger partial charge in [0.05, 0.1) is 12.2 Å². The van der Waals surface area contributed by atoms with Crippen LogP contribution in [0.4, 0.5) is 0 Å². The van der Waals surface area contributed by atoms with Gasteiger partial charge in [-0.15, -0.1) is 0 Å². The number of ether oxygens (including phenoxy) is 1. The second kappa shape index (κ2) is 4.97. The van der Waals surface area contributed by atoms with E-state index in [0.717, 1.165) is 5.92 Å². The second-order valence-electron chi connectivity index (χ2n) is 6.66. The van der Waals surface area contributed by atoms with Gasteiger partial charge in [0, 0.05) is 4.83 Å². The van der Waals surface area contributed by atoms with E-state index < -0.39 is 0 Å². The topological polar surface area (TPSA) is 9.23 Å². The van der Waals surface area contributed by atoms with Crippen LogP contribution in [-0.2, 0) is 4.74 Å². The molecule has 0 saturated heterocycles. The molecule has 4 atom stereocenters. The van der Waals surface area contributed by atoms with Crippen molar-refractivity contribution in [1.82, 2.24) is 0 Å². The van der Waals surface area contributed by atoms with Gasteiger partial charge >= 0.3 is 0 Å². The summed E-state index contributed by atoms with van der Waals surface area (Å²) in [6.45, 7) is 7.15. The zero-order chi connectivity index (χ0) is 11.8. The van der Waals surface area contributed by atoms with Crippen LogP contribution in [0.5, 0.6) is 0 Å². The highest BCUT2D eigenvalue weighted by Crippen LogP contribution is 2.41. The SMILES string of the molecule is CC1CC(OC2CCCC2Br)CC(C)(C)C1. The lowest BCUT2D eigenvalue weighted by atomic mass is 9.71. The van der Waals surface area contributed by atoms with Crippen molar-refractivity contribution in [3.63, 3.8) is 0 Å². The molecule has 1 nitrogen and oxygen atoms in total. The van der Waals surface area contributed by atoms with Gasteiger partial charge in [-0.05, 0) is 49.9 Å². The summed E-state index contributed by atoms with van der Waals surface area (Å²) < 4.78 is 6.32. The minimum atomic E-state index is 0.475. The molecule has 0 heterocycles. The maximum Gasteiger partial charge on any atom is 0.0703 e. The minimum Gasteiger partial charge on any atom is -0.374 e. The molecule has 0 aromatic heterocycles. The van der Waals surface area contributed by atoms with Crippen LogP contribution in [0, 0.1) is 11.3 Å². The van der Waals surface area contributed by atoms with E-state index in [1.165, 1.54) is 38.5 Å². The highest BCUT2D eigenvalue weighted by molar-refractivity contribution is 9.09. The van der Waals surface area contributed by atoms with Gasteiger partial charge in [-0.25, -0.2) is 0 Å². The first kappa shape index (κ1) is 12.9. The third kappa shape index (κ3) is 3.22. The summed E-state index contributed by atoms with van der Waals surface area (Å²) in [5.41, 5.74) is 0.475. The standard InChI is InChI=1S/C14H25BrO/c1-10-7-11(9-14(2,3)8-10)16-13-6-4-5-12(13)15/h10-13H,4-9H2,1-3H3. The lowest BCUT2D eigenvalue weighted by Crippen LogP contribution is -2.36. The summed E-state index contributed by atoms with van der Waals surface area (Å²) in [5.74, 6) is 0.823. The molecule has 2 heteroatoms. The highest BCUT2D eigenvalue weighted by atomic mass is 79.9. The maximum atomic E-state index is 6.32. The summed E-state index contributed by atoms with van der Waals surface area (Å²) in [5, 5.41) is 0. The fourth-order valence-electron chi connectivity index (χ4n) is 3.64. The Balaban J connectivity index is 1.89. The van der Waals surface area contributed by atoms with Crippen LogP contribution < -0.4 is 0 Å². The van der Waals surface area contributed by atoms with E-state index in [-0.39, 0.29) is 0 Å². The highest BCUT2D eigenvalue weighted by Gasteiger charge is 2.35. The Morgan fingerprint density at radius 2 is 1.94 bits per heavy atom. The Bertz CT molecular complexity index is 239. The summed E-state index contributed by atoms with van der Waals surface area (Å²) in [7, 11) is 0. The van der Waals surface area contributed by atoms with Gasteiger partial charge in [0.15, 0.2) is 0 Å². The Morgan fingerprint density at radius 1 is 1.19 bits per heavy atom. The molecule has 4 unspecified atom stereocenters. The van der Waals surface area contributed by atoms with Crippen LogP contribution in [0.3, 0.4) is 0 Å². The molecule has 0 N–H and O–H groups in total. The van der Waals surface area contributed by atoms with Crippen molar-refractivity contribution < 1.29 is 4.74 Å². The number of rotatable bonds is 2. The van der Waals surface area contributed by atoms with Gasteiger partial charge in [0.25, 0.3) is 0 Å². The predicted molar refractivity (Wildman–Crippen MR) is 72.0 cm³/mol. The first-order chi connectivity index (χ1) is 7.46. The normalized spacial score (nSPS) is 43.5. The van der Waals surface area contributed by atoms with E-state index >= 15 is 0 Å². The molecule has 0 aliphatic heterocycles. The third-order valence-electron chi connectivity index (χ3n) is 4.09. The maximum absolute atomic E-state index is 6.32. The molecular weight excluding hydrogens is 264 g/mol. The molecule has 2 aliphatic carbocycles. The number of hydrogen-bond acceptors (Lipinski definition) is 1. The van der Waals surface area contributed by atoms with Crippen molar-refractivity contribution in [3.8, 4) is 0 Å². The van der Waals surface area contributed by atoms with Crippen LogP contribution in [-0.4, -0.2) is 17.0 Å². The zero-order valence-corrected chi connectivity index (χ0v) is 12.4. The molecule has 0 spiro atoms. The zero-order valence-electron chi connectivity index (χ0n) is 10.8. The van der Waals surface area contributed by atoms with E-state index in [0.29, 0.717) is 22.5 Å². The average molecular weight is 289 g/mol. The minimum absolute atomic E-state index is 0.475. The largest absolute Gasteiger partial charge is 0.374 e. The molecule has 0 aromatic rings. The molecule has 0 radical (unpaired) electrons. The first-order valence-corrected chi connectivity index (χ1v) is 7.67. The third-order valence-corrected chi connectivity index (χ3v) is 5.13. The summed E-state index contributed by atoms with van der Waals surface area (Å²) >= 11 is 3.75.